The Morgan fingerprint density at radius 3 is 3.05 bits per heavy atom. The van der Waals surface area contributed by atoms with Crippen LogP contribution >= 0.6 is 15.9 Å². The molecule has 0 bridgehead atoms. The van der Waals surface area contributed by atoms with Crippen LogP contribution in [0.1, 0.15) is 6.42 Å². The minimum absolute atomic E-state index is 0.0484. The minimum atomic E-state index is -0.389. The van der Waals surface area contributed by atoms with E-state index < -0.39 is 0 Å². The summed E-state index contributed by atoms with van der Waals surface area (Å²) in [7, 11) is 0. The molecule has 1 fully saturated rings. The van der Waals surface area contributed by atoms with Crippen molar-refractivity contribution in [2.45, 2.75) is 6.42 Å². The highest BCUT2D eigenvalue weighted by molar-refractivity contribution is 9.10. The predicted molar refractivity (Wildman–Crippen MR) is 73.8 cm³/mol. The molecule has 0 unspecified atom stereocenters. The quantitative estimate of drug-likeness (QED) is 0.899. The standard InChI is InChI=1S/C13H14BrFN2O3/c14-10-6-9(15)2-3-11(10)20-8-13(19)17-5-1-4-16-12(18)7-17/h2-3,6H,1,4-5,7-8H2,(H,16,18). The van der Waals surface area contributed by atoms with Crippen molar-refractivity contribution in [3.63, 3.8) is 0 Å². The first-order valence-electron chi connectivity index (χ1n) is 6.18. The average molecular weight is 345 g/mol. The van der Waals surface area contributed by atoms with Gasteiger partial charge in [-0.2, -0.15) is 0 Å². The first-order chi connectivity index (χ1) is 9.56. The molecule has 1 aliphatic heterocycles. The molecule has 0 aromatic heterocycles. The fourth-order valence-corrected chi connectivity index (χ4v) is 2.31. The zero-order valence-corrected chi connectivity index (χ0v) is 12.3. The smallest absolute Gasteiger partial charge is 0.260 e. The van der Waals surface area contributed by atoms with E-state index >= 15 is 0 Å². The number of hydrogen-bond acceptors (Lipinski definition) is 3. The summed E-state index contributed by atoms with van der Waals surface area (Å²) in [5, 5.41) is 2.70. The minimum Gasteiger partial charge on any atom is -0.483 e. The van der Waals surface area contributed by atoms with E-state index in [0.717, 1.165) is 6.42 Å². The van der Waals surface area contributed by atoms with Gasteiger partial charge < -0.3 is 15.0 Å². The number of carbonyl (C=O) groups excluding carboxylic acids is 2. The molecular weight excluding hydrogens is 331 g/mol. The molecule has 0 saturated carbocycles. The normalized spacial score (nSPS) is 15.5. The summed E-state index contributed by atoms with van der Waals surface area (Å²) in [5.74, 6) is -0.434. The van der Waals surface area contributed by atoms with E-state index in [2.05, 4.69) is 21.2 Å². The summed E-state index contributed by atoms with van der Waals surface area (Å²) < 4.78 is 18.7. The van der Waals surface area contributed by atoms with Crippen LogP contribution in [0.15, 0.2) is 22.7 Å². The first kappa shape index (κ1) is 14.8. The lowest BCUT2D eigenvalue weighted by atomic mass is 10.3. The third-order valence-electron chi connectivity index (χ3n) is 2.86. The van der Waals surface area contributed by atoms with Gasteiger partial charge in [-0.1, -0.05) is 0 Å². The number of ether oxygens (including phenoxy) is 1. The lowest BCUT2D eigenvalue weighted by Crippen LogP contribution is -2.39. The zero-order valence-electron chi connectivity index (χ0n) is 10.7. The van der Waals surface area contributed by atoms with Crippen LogP contribution in [-0.2, 0) is 9.59 Å². The maximum absolute atomic E-state index is 12.9. The molecule has 0 atom stereocenters. The fourth-order valence-electron chi connectivity index (χ4n) is 1.84. The van der Waals surface area contributed by atoms with Gasteiger partial charge >= 0.3 is 0 Å². The number of hydrogen-bond donors (Lipinski definition) is 1. The molecule has 5 nitrogen and oxygen atoms in total. The van der Waals surface area contributed by atoms with Gasteiger partial charge in [-0.25, -0.2) is 4.39 Å². The van der Waals surface area contributed by atoms with Crippen LogP contribution < -0.4 is 10.1 Å². The Morgan fingerprint density at radius 2 is 2.30 bits per heavy atom. The fraction of sp³-hybridized carbons (Fsp3) is 0.385. The van der Waals surface area contributed by atoms with E-state index in [9.17, 15) is 14.0 Å². The van der Waals surface area contributed by atoms with Crippen LogP contribution in [0.4, 0.5) is 4.39 Å². The Hall–Kier alpha value is -1.63. The second kappa shape index (κ2) is 6.69. The molecule has 1 saturated heterocycles. The molecular formula is C13H14BrFN2O3. The molecule has 0 radical (unpaired) electrons. The van der Waals surface area contributed by atoms with Gasteiger partial charge in [0.1, 0.15) is 11.6 Å². The highest BCUT2D eigenvalue weighted by Gasteiger charge is 2.20. The lowest BCUT2D eigenvalue weighted by molar-refractivity contribution is -0.136. The molecule has 1 N–H and O–H groups in total. The molecule has 1 aromatic carbocycles. The van der Waals surface area contributed by atoms with Crippen molar-refractivity contribution in [1.82, 2.24) is 10.2 Å². The third kappa shape index (κ3) is 3.93. The molecule has 0 spiro atoms. The van der Waals surface area contributed by atoms with Crippen LogP contribution in [0, 0.1) is 5.82 Å². The second-order valence-corrected chi connectivity index (χ2v) is 5.24. The van der Waals surface area contributed by atoms with Crippen molar-refractivity contribution in [2.75, 3.05) is 26.2 Å². The molecule has 7 heteroatoms. The maximum atomic E-state index is 12.9. The van der Waals surface area contributed by atoms with E-state index in [-0.39, 0.29) is 30.8 Å². The number of halogens is 2. The highest BCUT2D eigenvalue weighted by Crippen LogP contribution is 2.25. The largest absolute Gasteiger partial charge is 0.483 e. The number of amides is 2. The van der Waals surface area contributed by atoms with E-state index in [1.807, 2.05) is 0 Å². The molecule has 0 aliphatic carbocycles. The van der Waals surface area contributed by atoms with E-state index in [0.29, 0.717) is 23.3 Å². The number of carbonyl (C=O) groups is 2. The number of rotatable bonds is 3. The van der Waals surface area contributed by atoms with Gasteiger partial charge in [-0.15, -0.1) is 0 Å². The Kier molecular flexibility index (Phi) is 4.94. The summed E-state index contributed by atoms with van der Waals surface area (Å²) in [6.07, 6.45) is 0.720. The van der Waals surface area contributed by atoms with E-state index in [1.165, 1.54) is 23.1 Å². The van der Waals surface area contributed by atoms with Gasteiger partial charge in [0.25, 0.3) is 5.91 Å². The topological polar surface area (TPSA) is 58.6 Å². The molecule has 2 amide bonds. The maximum Gasteiger partial charge on any atom is 0.260 e. The molecule has 2 rings (SSSR count). The Morgan fingerprint density at radius 1 is 1.50 bits per heavy atom. The van der Waals surface area contributed by atoms with Crippen molar-refractivity contribution >= 4 is 27.7 Å². The van der Waals surface area contributed by atoms with Crippen molar-refractivity contribution in [3.05, 3.63) is 28.5 Å². The van der Waals surface area contributed by atoms with Crippen LogP contribution in [0.25, 0.3) is 0 Å². The van der Waals surface area contributed by atoms with Gasteiger partial charge in [0.2, 0.25) is 5.91 Å². The van der Waals surface area contributed by atoms with Gasteiger partial charge in [0.15, 0.2) is 6.61 Å². The van der Waals surface area contributed by atoms with Gasteiger partial charge in [-0.05, 0) is 40.5 Å². The molecule has 1 aliphatic rings. The van der Waals surface area contributed by atoms with Crippen LogP contribution in [0.5, 0.6) is 5.75 Å². The Bertz CT molecular complexity index is 524. The molecule has 1 heterocycles. The van der Waals surface area contributed by atoms with Gasteiger partial charge in [0, 0.05) is 13.1 Å². The van der Waals surface area contributed by atoms with Crippen molar-refractivity contribution in [3.8, 4) is 5.75 Å². The second-order valence-electron chi connectivity index (χ2n) is 4.38. The Labute approximate surface area is 124 Å². The summed E-state index contributed by atoms with van der Waals surface area (Å²) in [5.41, 5.74) is 0. The zero-order chi connectivity index (χ0) is 14.5. The summed E-state index contributed by atoms with van der Waals surface area (Å²) in [4.78, 5) is 24.8. The number of nitrogens with zero attached hydrogens (tertiary/aromatic N) is 1. The highest BCUT2D eigenvalue weighted by atomic mass is 79.9. The van der Waals surface area contributed by atoms with Crippen LogP contribution in [0.3, 0.4) is 0 Å². The number of nitrogens with one attached hydrogen (secondary N) is 1. The average Bonchev–Trinajstić information content (AvgIpc) is 2.62. The summed E-state index contributed by atoms with van der Waals surface area (Å²) >= 11 is 3.16. The third-order valence-corrected chi connectivity index (χ3v) is 3.48. The van der Waals surface area contributed by atoms with Crippen LogP contribution in [-0.4, -0.2) is 43.0 Å². The number of benzene rings is 1. The molecule has 108 valence electrons. The monoisotopic (exact) mass is 344 g/mol. The Balaban J connectivity index is 1.92. The summed E-state index contributed by atoms with van der Waals surface area (Å²) in [6, 6.07) is 3.96. The molecule has 20 heavy (non-hydrogen) atoms. The SMILES string of the molecule is O=C1CN(C(=O)COc2ccc(F)cc2Br)CCCN1. The van der Waals surface area contributed by atoms with E-state index in [1.54, 1.807) is 0 Å². The van der Waals surface area contributed by atoms with Crippen molar-refractivity contribution in [2.24, 2.45) is 0 Å². The van der Waals surface area contributed by atoms with Gasteiger partial charge in [0.05, 0.1) is 11.0 Å². The van der Waals surface area contributed by atoms with E-state index in [4.69, 9.17) is 4.74 Å². The van der Waals surface area contributed by atoms with Gasteiger partial charge in [-0.3, -0.25) is 9.59 Å². The lowest BCUT2D eigenvalue weighted by Gasteiger charge is -2.19. The van der Waals surface area contributed by atoms with Crippen LogP contribution in [0.2, 0.25) is 0 Å². The molecule has 1 aromatic rings. The van der Waals surface area contributed by atoms with Crippen molar-refractivity contribution in [1.29, 1.82) is 0 Å². The predicted octanol–water partition coefficient (Wildman–Crippen LogP) is 1.32. The summed E-state index contributed by atoms with van der Waals surface area (Å²) in [6.45, 7) is 0.961. The van der Waals surface area contributed by atoms with Crippen molar-refractivity contribution < 1.29 is 18.7 Å². The first-order valence-corrected chi connectivity index (χ1v) is 6.98.